The number of primary amides is 1. The van der Waals surface area contributed by atoms with Crippen LogP contribution in [0.15, 0.2) is 0 Å². The molecule has 0 aromatic carbocycles. The van der Waals surface area contributed by atoms with Gasteiger partial charge < -0.3 is 5.73 Å². The Kier molecular flexibility index (Phi) is 2.59. The van der Waals surface area contributed by atoms with Crippen LogP contribution < -0.4 is 5.73 Å². The summed E-state index contributed by atoms with van der Waals surface area (Å²) in [5.74, 6) is -0.155. The monoisotopic (exact) mass is 156 g/mol. The second-order valence-corrected chi connectivity index (χ2v) is 2.82. The summed E-state index contributed by atoms with van der Waals surface area (Å²) < 4.78 is 0. The Morgan fingerprint density at radius 2 is 2.36 bits per heavy atom. The van der Waals surface area contributed by atoms with E-state index in [4.69, 9.17) is 5.73 Å². The second kappa shape index (κ2) is 3.48. The molecule has 62 valence electrons. The highest BCUT2D eigenvalue weighted by atomic mass is 16.1. The average Bonchev–Trinajstić information content (AvgIpc) is 1.85. The van der Waals surface area contributed by atoms with E-state index in [1.165, 1.54) is 0 Å². The van der Waals surface area contributed by atoms with E-state index in [2.05, 4.69) is 0 Å². The molecule has 1 saturated heterocycles. The molecule has 2 N–H and O–H groups in total. The highest BCUT2D eigenvalue weighted by Crippen LogP contribution is 2.04. The highest BCUT2D eigenvalue weighted by Gasteiger charge is 2.17. The van der Waals surface area contributed by atoms with Crippen molar-refractivity contribution in [1.82, 2.24) is 4.90 Å². The van der Waals surface area contributed by atoms with Gasteiger partial charge in [-0.25, -0.2) is 0 Å². The fourth-order valence-electron chi connectivity index (χ4n) is 1.26. The molecule has 0 radical (unpaired) electrons. The smallest absolute Gasteiger partial charge is 0.231 e. The Balaban J connectivity index is 2.34. The van der Waals surface area contributed by atoms with Crippen LogP contribution in [-0.4, -0.2) is 36.2 Å². The summed E-state index contributed by atoms with van der Waals surface area (Å²) in [5.41, 5.74) is 4.98. The molecule has 1 aliphatic rings. The summed E-state index contributed by atoms with van der Waals surface area (Å²) >= 11 is 0. The minimum atomic E-state index is -0.361. The fraction of sp³-hybridized carbons (Fsp3) is 0.714. The number of likely N-dealkylation sites (tertiary alicyclic amines) is 1. The van der Waals surface area contributed by atoms with Crippen LogP contribution in [0.5, 0.6) is 0 Å². The fourth-order valence-corrected chi connectivity index (χ4v) is 1.26. The van der Waals surface area contributed by atoms with E-state index in [1.807, 2.05) is 0 Å². The van der Waals surface area contributed by atoms with Crippen LogP contribution in [0.25, 0.3) is 0 Å². The zero-order valence-electron chi connectivity index (χ0n) is 6.38. The van der Waals surface area contributed by atoms with Crippen molar-refractivity contribution in [1.29, 1.82) is 0 Å². The molecule has 0 aromatic heterocycles. The molecule has 0 aromatic rings. The molecule has 1 heterocycles. The maximum absolute atomic E-state index is 10.9. The molecule has 0 aliphatic carbocycles. The predicted molar refractivity (Wildman–Crippen MR) is 39.9 cm³/mol. The predicted octanol–water partition coefficient (Wildman–Crippen LogP) is -0.863. The van der Waals surface area contributed by atoms with Crippen molar-refractivity contribution < 1.29 is 9.59 Å². The molecule has 0 spiro atoms. The molecular formula is C7H12N2O2. The van der Waals surface area contributed by atoms with E-state index in [9.17, 15) is 9.59 Å². The highest BCUT2D eigenvalue weighted by molar-refractivity contribution is 5.82. The number of hydrogen-bond acceptors (Lipinski definition) is 3. The Morgan fingerprint density at radius 1 is 1.64 bits per heavy atom. The van der Waals surface area contributed by atoms with Gasteiger partial charge in [-0.1, -0.05) is 0 Å². The van der Waals surface area contributed by atoms with E-state index in [0.717, 1.165) is 13.0 Å². The lowest BCUT2D eigenvalue weighted by molar-refractivity contribution is -0.124. The molecule has 1 amide bonds. The van der Waals surface area contributed by atoms with Crippen molar-refractivity contribution in [3.8, 4) is 0 Å². The largest absolute Gasteiger partial charge is 0.369 e. The average molecular weight is 156 g/mol. The van der Waals surface area contributed by atoms with Crippen molar-refractivity contribution >= 4 is 11.7 Å². The third-order valence-electron chi connectivity index (χ3n) is 1.71. The molecule has 0 atom stereocenters. The van der Waals surface area contributed by atoms with Gasteiger partial charge in [-0.2, -0.15) is 0 Å². The van der Waals surface area contributed by atoms with Gasteiger partial charge in [-0.3, -0.25) is 14.5 Å². The number of Topliss-reactive ketones (excluding diaryl/α,β-unsaturated/α-hetero) is 1. The Morgan fingerprint density at radius 3 is 2.91 bits per heavy atom. The number of carbonyl (C=O) groups excluding carboxylic acids is 2. The molecule has 1 fully saturated rings. The molecule has 1 rings (SSSR count). The molecule has 0 unspecified atom stereocenters. The molecule has 1 aliphatic heterocycles. The number of amides is 1. The Hall–Kier alpha value is -0.900. The van der Waals surface area contributed by atoms with Gasteiger partial charge in [-0.15, -0.1) is 0 Å². The van der Waals surface area contributed by atoms with E-state index >= 15 is 0 Å². The summed E-state index contributed by atoms with van der Waals surface area (Å²) in [7, 11) is 0. The van der Waals surface area contributed by atoms with Gasteiger partial charge in [0, 0.05) is 6.42 Å². The maximum Gasteiger partial charge on any atom is 0.231 e. The minimum Gasteiger partial charge on any atom is -0.369 e. The first-order chi connectivity index (χ1) is 5.18. The topological polar surface area (TPSA) is 63.4 Å². The zero-order chi connectivity index (χ0) is 8.27. The number of piperidine rings is 1. The van der Waals surface area contributed by atoms with Crippen LogP contribution in [0.1, 0.15) is 12.8 Å². The van der Waals surface area contributed by atoms with Crippen LogP contribution in [0.3, 0.4) is 0 Å². The molecule has 0 saturated carbocycles. The molecule has 4 heteroatoms. The molecular weight excluding hydrogens is 144 g/mol. The van der Waals surface area contributed by atoms with E-state index in [-0.39, 0.29) is 18.2 Å². The van der Waals surface area contributed by atoms with Crippen LogP contribution in [0.2, 0.25) is 0 Å². The summed E-state index contributed by atoms with van der Waals surface area (Å²) in [6.45, 7) is 1.42. The first-order valence-corrected chi connectivity index (χ1v) is 3.71. The van der Waals surface area contributed by atoms with E-state index < -0.39 is 0 Å². The van der Waals surface area contributed by atoms with Crippen LogP contribution >= 0.6 is 0 Å². The summed E-state index contributed by atoms with van der Waals surface area (Å²) in [6, 6.07) is 0. The molecule has 0 bridgehead atoms. The molecule has 11 heavy (non-hydrogen) atoms. The van der Waals surface area contributed by atoms with Crippen molar-refractivity contribution in [3.63, 3.8) is 0 Å². The van der Waals surface area contributed by atoms with Crippen molar-refractivity contribution in [3.05, 3.63) is 0 Å². The van der Waals surface area contributed by atoms with Crippen LogP contribution in [0, 0.1) is 0 Å². The van der Waals surface area contributed by atoms with E-state index in [0.29, 0.717) is 13.0 Å². The quantitative estimate of drug-likeness (QED) is 0.565. The minimum absolute atomic E-state index is 0.206. The van der Waals surface area contributed by atoms with Crippen molar-refractivity contribution in [2.45, 2.75) is 12.8 Å². The van der Waals surface area contributed by atoms with Crippen LogP contribution in [0.4, 0.5) is 0 Å². The maximum atomic E-state index is 10.9. The third-order valence-corrected chi connectivity index (χ3v) is 1.71. The SMILES string of the molecule is NC(=O)CN1CCCC(=O)C1. The lowest BCUT2D eigenvalue weighted by Crippen LogP contribution is -2.40. The first-order valence-electron chi connectivity index (χ1n) is 3.71. The number of hydrogen-bond donors (Lipinski definition) is 1. The Bertz CT molecular complexity index is 177. The van der Waals surface area contributed by atoms with Crippen molar-refractivity contribution in [2.24, 2.45) is 5.73 Å². The first kappa shape index (κ1) is 8.20. The number of rotatable bonds is 2. The molecule has 4 nitrogen and oxygen atoms in total. The summed E-state index contributed by atoms with van der Waals surface area (Å²) in [6.07, 6.45) is 1.50. The Labute approximate surface area is 65.3 Å². The number of nitrogens with zero attached hydrogens (tertiary/aromatic N) is 1. The van der Waals surface area contributed by atoms with Gasteiger partial charge in [0.25, 0.3) is 0 Å². The lowest BCUT2D eigenvalue weighted by Gasteiger charge is -2.23. The van der Waals surface area contributed by atoms with E-state index in [1.54, 1.807) is 4.90 Å². The zero-order valence-corrected chi connectivity index (χ0v) is 6.38. The number of ketones is 1. The van der Waals surface area contributed by atoms with Gasteiger partial charge in [0.15, 0.2) is 0 Å². The third kappa shape index (κ3) is 2.67. The normalized spacial score (nSPS) is 20.2. The van der Waals surface area contributed by atoms with Gasteiger partial charge in [0.05, 0.1) is 13.1 Å². The number of nitrogens with two attached hydrogens (primary N) is 1. The summed E-state index contributed by atoms with van der Waals surface area (Å²) in [5, 5.41) is 0. The lowest BCUT2D eigenvalue weighted by atomic mass is 10.1. The van der Waals surface area contributed by atoms with Crippen molar-refractivity contribution in [2.75, 3.05) is 19.6 Å². The van der Waals surface area contributed by atoms with Gasteiger partial charge in [0.1, 0.15) is 5.78 Å². The number of carbonyl (C=O) groups is 2. The van der Waals surface area contributed by atoms with Gasteiger partial charge >= 0.3 is 0 Å². The second-order valence-electron chi connectivity index (χ2n) is 2.82. The van der Waals surface area contributed by atoms with Gasteiger partial charge in [-0.05, 0) is 13.0 Å². The van der Waals surface area contributed by atoms with Gasteiger partial charge in [0.2, 0.25) is 5.91 Å². The van der Waals surface area contributed by atoms with Crippen LogP contribution in [-0.2, 0) is 9.59 Å². The standard InChI is InChI=1S/C7H12N2O2/c8-7(11)5-9-3-1-2-6(10)4-9/h1-5H2,(H2,8,11). The summed E-state index contributed by atoms with van der Waals surface area (Å²) in [4.78, 5) is 23.1.